The molecule has 1 fully saturated rings. The van der Waals surface area contributed by atoms with E-state index in [1.54, 1.807) is 0 Å². The maximum absolute atomic E-state index is 12.1. The fourth-order valence-corrected chi connectivity index (χ4v) is 2.63. The van der Waals surface area contributed by atoms with E-state index in [1.165, 1.54) is 0 Å². The molecule has 0 spiro atoms. The highest BCUT2D eigenvalue weighted by Crippen LogP contribution is 2.29. The summed E-state index contributed by atoms with van der Waals surface area (Å²) < 4.78 is 0. The van der Waals surface area contributed by atoms with Gasteiger partial charge in [-0.3, -0.25) is 9.59 Å². The van der Waals surface area contributed by atoms with Gasteiger partial charge < -0.3 is 0 Å². The lowest BCUT2D eigenvalue weighted by Gasteiger charge is -2.25. The van der Waals surface area contributed by atoms with Gasteiger partial charge in [-0.1, -0.05) is 49.5 Å². The Labute approximate surface area is 114 Å². The summed E-state index contributed by atoms with van der Waals surface area (Å²) in [5.74, 6) is 0.358. The van der Waals surface area contributed by atoms with Gasteiger partial charge in [0.05, 0.1) is 0 Å². The fourth-order valence-electron chi connectivity index (χ4n) is 2.63. The van der Waals surface area contributed by atoms with Crippen LogP contribution in [-0.4, -0.2) is 11.6 Å². The molecule has 0 heterocycles. The Balaban J connectivity index is 2.03. The first-order valence-corrected chi connectivity index (χ1v) is 6.96. The van der Waals surface area contributed by atoms with E-state index in [0.717, 1.165) is 12.0 Å². The molecule has 2 nitrogen and oxygen atoms in total. The van der Waals surface area contributed by atoms with Gasteiger partial charge in [0.2, 0.25) is 0 Å². The molecule has 1 saturated carbocycles. The zero-order valence-electron chi connectivity index (χ0n) is 11.3. The van der Waals surface area contributed by atoms with Gasteiger partial charge in [-0.15, -0.1) is 0 Å². The molecule has 0 saturated heterocycles. The highest BCUT2D eigenvalue weighted by Gasteiger charge is 2.33. The van der Waals surface area contributed by atoms with Crippen molar-refractivity contribution in [1.82, 2.24) is 0 Å². The van der Waals surface area contributed by atoms with Crippen molar-refractivity contribution in [2.24, 2.45) is 11.8 Å². The standard InChI is InChI=1S/C17H20O2/c1-2-14-11-17(19)15(12-16(14)18)10-13-8-6-4-3-5-7-9-13/h3-9,14-15H,2,10-12H2,1H3/b4-3-,5-3?,6-4?,7-5-,8-6-,9-7?,13-8?,13-9+. The Hall–Kier alpha value is -1.70. The topological polar surface area (TPSA) is 34.1 Å². The zero-order chi connectivity index (χ0) is 13.7. The van der Waals surface area contributed by atoms with Crippen molar-refractivity contribution in [1.29, 1.82) is 0 Å². The number of rotatable bonds is 3. The second-order valence-corrected chi connectivity index (χ2v) is 5.22. The van der Waals surface area contributed by atoms with Crippen LogP contribution in [-0.2, 0) is 9.59 Å². The lowest BCUT2D eigenvalue weighted by atomic mass is 9.76. The van der Waals surface area contributed by atoms with E-state index in [2.05, 4.69) is 0 Å². The molecule has 0 amide bonds. The number of hydrogen-bond acceptors (Lipinski definition) is 2. The Morgan fingerprint density at radius 2 is 1.58 bits per heavy atom. The molecule has 0 bridgehead atoms. The van der Waals surface area contributed by atoms with Gasteiger partial charge in [0.15, 0.2) is 0 Å². The highest BCUT2D eigenvalue weighted by atomic mass is 16.1. The fraction of sp³-hybridized carbons (Fsp3) is 0.412. The molecule has 0 aromatic carbocycles. The van der Waals surface area contributed by atoms with Gasteiger partial charge in [0.1, 0.15) is 11.6 Å². The molecular weight excluding hydrogens is 236 g/mol. The van der Waals surface area contributed by atoms with Crippen LogP contribution in [0.4, 0.5) is 0 Å². The third kappa shape index (κ3) is 3.63. The van der Waals surface area contributed by atoms with E-state index in [0.29, 0.717) is 19.3 Å². The summed E-state index contributed by atoms with van der Waals surface area (Å²) in [4.78, 5) is 24.0. The molecule has 2 rings (SSSR count). The number of hydrogen-bond donors (Lipinski definition) is 0. The van der Waals surface area contributed by atoms with Crippen LogP contribution >= 0.6 is 0 Å². The summed E-state index contributed by atoms with van der Waals surface area (Å²) >= 11 is 0. The summed E-state index contributed by atoms with van der Waals surface area (Å²) in [6, 6.07) is 0. The first-order valence-electron chi connectivity index (χ1n) is 6.96. The quantitative estimate of drug-likeness (QED) is 0.773. The average molecular weight is 256 g/mol. The number of carbonyl (C=O) groups is 2. The van der Waals surface area contributed by atoms with Crippen LogP contribution in [0.15, 0.2) is 48.1 Å². The van der Waals surface area contributed by atoms with Crippen LogP contribution < -0.4 is 0 Å². The lowest BCUT2D eigenvalue weighted by molar-refractivity contribution is -0.136. The van der Waals surface area contributed by atoms with Crippen molar-refractivity contribution >= 4 is 11.6 Å². The maximum atomic E-state index is 12.1. The highest BCUT2D eigenvalue weighted by molar-refractivity contribution is 5.96. The summed E-state index contributed by atoms with van der Waals surface area (Å²) in [6.45, 7) is 1.98. The van der Waals surface area contributed by atoms with E-state index in [4.69, 9.17) is 0 Å². The number of carbonyl (C=O) groups excluding carboxylic acids is 2. The minimum atomic E-state index is -0.122. The monoisotopic (exact) mass is 256 g/mol. The van der Waals surface area contributed by atoms with Gasteiger partial charge in [0.25, 0.3) is 0 Å². The molecule has 0 radical (unpaired) electrons. The molecule has 2 aliphatic rings. The third-order valence-corrected chi connectivity index (χ3v) is 3.85. The minimum Gasteiger partial charge on any atom is -0.299 e. The molecule has 2 atom stereocenters. The molecular formula is C17H20O2. The summed E-state index contributed by atoms with van der Waals surface area (Å²) in [5.41, 5.74) is 1.11. The van der Waals surface area contributed by atoms with Crippen LogP contribution in [0.25, 0.3) is 0 Å². The van der Waals surface area contributed by atoms with Gasteiger partial charge in [-0.2, -0.15) is 0 Å². The molecule has 2 aliphatic carbocycles. The number of ketones is 2. The third-order valence-electron chi connectivity index (χ3n) is 3.85. The molecule has 0 aromatic rings. The van der Waals surface area contributed by atoms with Crippen molar-refractivity contribution in [3.05, 3.63) is 48.1 Å². The van der Waals surface area contributed by atoms with E-state index in [-0.39, 0.29) is 23.4 Å². The predicted octanol–water partition coefficient (Wildman–Crippen LogP) is 3.56. The maximum Gasteiger partial charge on any atom is 0.137 e. The number of allylic oxidation sites excluding steroid dienone is 8. The Morgan fingerprint density at radius 3 is 2.37 bits per heavy atom. The summed E-state index contributed by atoms with van der Waals surface area (Å²) in [7, 11) is 0. The SMILES string of the molecule is CCC1CC(=O)C(CC2=C/C=C\C=C/C=C\2)CC1=O. The summed E-state index contributed by atoms with van der Waals surface area (Å²) in [5, 5.41) is 0. The van der Waals surface area contributed by atoms with Gasteiger partial charge in [-0.25, -0.2) is 0 Å². The summed E-state index contributed by atoms with van der Waals surface area (Å²) in [6.07, 6.45) is 16.2. The molecule has 2 unspecified atom stereocenters. The number of Topliss-reactive ketones (excluding diaryl/α,β-unsaturated/α-hetero) is 2. The molecule has 2 heteroatoms. The van der Waals surface area contributed by atoms with Gasteiger partial charge in [-0.05, 0) is 18.4 Å². The van der Waals surface area contributed by atoms with Crippen LogP contribution in [0.5, 0.6) is 0 Å². The van der Waals surface area contributed by atoms with Crippen LogP contribution in [0.3, 0.4) is 0 Å². The molecule has 0 N–H and O–H groups in total. The smallest absolute Gasteiger partial charge is 0.137 e. The van der Waals surface area contributed by atoms with Crippen LogP contribution in [0, 0.1) is 11.8 Å². The van der Waals surface area contributed by atoms with Crippen molar-refractivity contribution < 1.29 is 9.59 Å². The normalized spacial score (nSPS) is 34.9. The average Bonchev–Trinajstić information content (AvgIpc) is 2.36. The predicted molar refractivity (Wildman–Crippen MR) is 76.6 cm³/mol. The van der Waals surface area contributed by atoms with Crippen molar-refractivity contribution in [3.8, 4) is 0 Å². The first-order chi connectivity index (χ1) is 9.20. The minimum absolute atomic E-state index is 0.0339. The van der Waals surface area contributed by atoms with E-state index >= 15 is 0 Å². The van der Waals surface area contributed by atoms with E-state index in [1.807, 2.05) is 49.5 Å². The Kier molecular flexibility index (Phi) is 4.67. The largest absolute Gasteiger partial charge is 0.299 e. The second kappa shape index (κ2) is 6.46. The van der Waals surface area contributed by atoms with Gasteiger partial charge in [0, 0.05) is 24.7 Å². The zero-order valence-corrected chi connectivity index (χ0v) is 11.3. The van der Waals surface area contributed by atoms with Gasteiger partial charge >= 0.3 is 0 Å². The van der Waals surface area contributed by atoms with Crippen molar-refractivity contribution in [2.75, 3.05) is 0 Å². The van der Waals surface area contributed by atoms with Crippen molar-refractivity contribution in [3.63, 3.8) is 0 Å². The van der Waals surface area contributed by atoms with Crippen LogP contribution in [0.2, 0.25) is 0 Å². The van der Waals surface area contributed by atoms with E-state index in [9.17, 15) is 9.59 Å². The Bertz CT molecular complexity index is 477. The molecule has 19 heavy (non-hydrogen) atoms. The molecule has 0 aromatic heterocycles. The Morgan fingerprint density at radius 1 is 0.947 bits per heavy atom. The molecule has 0 aliphatic heterocycles. The lowest BCUT2D eigenvalue weighted by Crippen LogP contribution is -2.32. The van der Waals surface area contributed by atoms with Crippen LogP contribution in [0.1, 0.15) is 32.6 Å². The van der Waals surface area contributed by atoms with Crippen molar-refractivity contribution in [2.45, 2.75) is 32.6 Å². The second-order valence-electron chi connectivity index (χ2n) is 5.22. The first kappa shape index (κ1) is 13.7. The molecule has 100 valence electrons. The van der Waals surface area contributed by atoms with E-state index < -0.39 is 0 Å².